The first-order chi connectivity index (χ1) is 9.54. The van der Waals surface area contributed by atoms with Gasteiger partial charge in [-0.3, -0.25) is 9.69 Å². The third kappa shape index (κ3) is 4.58. The molecule has 1 saturated heterocycles. The molecule has 0 aliphatic carbocycles. The van der Waals surface area contributed by atoms with Crippen LogP contribution in [0.15, 0.2) is 22.7 Å². The van der Waals surface area contributed by atoms with Gasteiger partial charge in [0, 0.05) is 35.7 Å². The number of halogens is 1. The molecular formula is C15H21BrN2O2. The number of rotatable bonds is 4. The Hall–Kier alpha value is -0.910. The highest BCUT2D eigenvalue weighted by molar-refractivity contribution is 9.10. The number of hydrogen-bond acceptors (Lipinski definition) is 3. The van der Waals surface area contributed by atoms with E-state index in [-0.39, 0.29) is 11.9 Å². The number of nitrogens with zero attached hydrogens (tertiary/aromatic N) is 1. The Kier molecular flexibility index (Phi) is 5.57. The first-order valence-corrected chi connectivity index (χ1v) is 7.72. The van der Waals surface area contributed by atoms with E-state index in [0.29, 0.717) is 5.56 Å². The standard InChI is InChI=1S/C15H21BrN2O2/c1-11-7-13(9-14(16)8-11)15(19)17-12(2)10-18-3-5-20-6-4-18/h7-9,12H,3-6,10H2,1-2H3,(H,17,19). The zero-order chi connectivity index (χ0) is 14.5. The number of aryl methyl sites for hydroxylation is 1. The number of hydrogen-bond donors (Lipinski definition) is 1. The monoisotopic (exact) mass is 340 g/mol. The lowest BCUT2D eigenvalue weighted by molar-refractivity contribution is 0.0342. The van der Waals surface area contributed by atoms with E-state index in [0.717, 1.165) is 42.9 Å². The molecule has 1 unspecified atom stereocenters. The molecule has 20 heavy (non-hydrogen) atoms. The van der Waals surface area contributed by atoms with Crippen molar-refractivity contribution >= 4 is 21.8 Å². The fraction of sp³-hybridized carbons (Fsp3) is 0.533. The summed E-state index contributed by atoms with van der Waals surface area (Å²) in [6, 6.07) is 5.87. The quantitative estimate of drug-likeness (QED) is 0.913. The van der Waals surface area contributed by atoms with Crippen LogP contribution in [0.5, 0.6) is 0 Å². The van der Waals surface area contributed by atoms with Gasteiger partial charge in [0.2, 0.25) is 0 Å². The molecule has 1 N–H and O–H groups in total. The zero-order valence-corrected chi connectivity index (χ0v) is 13.6. The second-order valence-corrected chi connectivity index (χ2v) is 6.22. The molecule has 0 saturated carbocycles. The Labute approximate surface area is 128 Å². The van der Waals surface area contributed by atoms with Crippen molar-refractivity contribution in [3.8, 4) is 0 Å². The number of amides is 1. The number of ether oxygens (including phenoxy) is 1. The molecule has 1 aliphatic heterocycles. The second-order valence-electron chi connectivity index (χ2n) is 5.30. The van der Waals surface area contributed by atoms with Crippen molar-refractivity contribution in [2.24, 2.45) is 0 Å². The van der Waals surface area contributed by atoms with E-state index in [9.17, 15) is 4.79 Å². The maximum atomic E-state index is 12.2. The largest absolute Gasteiger partial charge is 0.379 e. The second kappa shape index (κ2) is 7.20. The summed E-state index contributed by atoms with van der Waals surface area (Å²) in [7, 11) is 0. The fourth-order valence-corrected chi connectivity index (χ4v) is 3.00. The Morgan fingerprint density at radius 1 is 1.40 bits per heavy atom. The maximum absolute atomic E-state index is 12.2. The third-order valence-electron chi connectivity index (χ3n) is 3.32. The summed E-state index contributed by atoms with van der Waals surface area (Å²) in [5.41, 5.74) is 1.77. The maximum Gasteiger partial charge on any atom is 0.251 e. The molecule has 0 aromatic heterocycles. The Morgan fingerprint density at radius 3 is 2.75 bits per heavy atom. The van der Waals surface area contributed by atoms with Gasteiger partial charge in [0.15, 0.2) is 0 Å². The molecular weight excluding hydrogens is 320 g/mol. The molecule has 1 atom stereocenters. The van der Waals surface area contributed by atoms with Gasteiger partial charge in [-0.2, -0.15) is 0 Å². The molecule has 0 spiro atoms. The van der Waals surface area contributed by atoms with Crippen molar-refractivity contribution in [2.45, 2.75) is 19.9 Å². The number of morpholine rings is 1. The topological polar surface area (TPSA) is 41.6 Å². The van der Waals surface area contributed by atoms with Crippen molar-refractivity contribution in [1.82, 2.24) is 10.2 Å². The van der Waals surface area contributed by atoms with Crippen molar-refractivity contribution < 1.29 is 9.53 Å². The van der Waals surface area contributed by atoms with Crippen LogP contribution in [0.25, 0.3) is 0 Å². The highest BCUT2D eigenvalue weighted by Gasteiger charge is 2.16. The molecule has 2 rings (SSSR count). The zero-order valence-electron chi connectivity index (χ0n) is 12.0. The fourth-order valence-electron chi connectivity index (χ4n) is 2.39. The van der Waals surface area contributed by atoms with E-state index in [1.54, 1.807) is 0 Å². The lowest BCUT2D eigenvalue weighted by Crippen LogP contribution is -2.46. The first-order valence-electron chi connectivity index (χ1n) is 6.93. The minimum absolute atomic E-state index is 0.0184. The summed E-state index contributed by atoms with van der Waals surface area (Å²) < 4.78 is 6.26. The van der Waals surface area contributed by atoms with Crippen LogP contribution in [0.3, 0.4) is 0 Å². The van der Waals surface area contributed by atoms with Crippen LogP contribution in [0.4, 0.5) is 0 Å². The van der Waals surface area contributed by atoms with Gasteiger partial charge in [0.05, 0.1) is 13.2 Å². The molecule has 1 aromatic carbocycles. The first kappa shape index (κ1) is 15.5. The van der Waals surface area contributed by atoms with E-state index in [1.165, 1.54) is 0 Å². The van der Waals surface area contributed by atoms with E-state index in [4.69, 9.17) is 4.74 Å². The Balaban J connectivity index is 1.89. The van der Waals surface area contributed by atoms with Gasteiger partial charge in [-0.05, 0) is 37.6 Å². The highest BCUT2D eigenvalue weighted by Crippen LogP contribution is 2.15. The smallest absolute Gasteiger partial charge is 0.251 e. The Bertz CT molecular complexity index is 453. The van der Waals surface area contributed by atoms with Gasteiger partial charge in [0.25, 0.3) is 5.91 Å². The van der Waals surface area contributed by atoms with E-state index < -0.39 is 0 Å². The van der Waals surface area contributed by atoms with Crippen molar-refractivity contribution in [2.75, 3.05) is 32.8 Å². The summed E-state index contributed by atoms with van der Waals surface area (Å²) in [5.74, 6) is -0.0184. The minimum atomic E-state index is -0.0184. The lowest BCUT2D eigenvalue weighted by atomic mass is 10.1. The van der Waals surface area contributed by atoms with Gasteiger partial charge in [0.1, 0.15) is 0 Å². The molecule has 1 heterocycles. The molecule has 0 bridgehead atoms. The Morgan fingerprint density at radius 2 is 2.10 bits per heavy atom. The number of nitrogens with one attached hydrogen (secondary N) is 1. The van der Waals surface area contributed by atoms with Crippen LogP contribution in [0, 0.1) is 6.92 Å². The van der Waals surface area contributed by atoms with Gasteiger partial charge < -0.3 is 10.1 Å². The van der Waals surface area contributed by atoms with E-state index in [2.05, 4.69) is 26.1 Å². The number of benzene rings is 1. The molecule has 1 aliphatic rings. The molecule has 1 fully saturated rings. The molecule has 1 amide bonds. The minimum Gasteiger partial charge on any atom is -0.379 e. The summed E-state index contributed by atoms with van der Waals surface area (Å²) in [5, 5.41) is 3.06. The van der Waals surface area contributed by atoms with Crippen molar-refractivity contribution in [3.63, 3.8) is 0 Å². The predicted molar refractivity (Wildman–Crippen MR) is 83.1 cm³/mol. The normalized spacial score (nSPS) is 17.8. The third-order valence-corrected chi connectivity index (χ3v) is 3.78. The highest BCUT2D eigenvalue weighted by atomic mass is 79.9. The molecule has 0 radical (unpaired) electrons. The predicted octanol–water partition coefficient (Wildman–Crippen LogP) is 2.21. The van der Waals surface area contributed by atoms with Crippen LogP contribution in [0.2, 0.25) is 0 Å². The number of carbonyl (C=O) groups excluding carboxylic acids is 1. The van der Waals surface area contributed by atoms with E-state index in [1.807, 2.05) is 32.0 Å². The average molecular weight is 341 g/mol. The number of carbonyl (C=O) groups is 1. The summed E-state index contributed by atoms with van der Waals surface area (Å²) in [6.45, 7) is 8.34. The summed E-state index contributed by atoms with van der Waals surface area (Å²) in [4.78, 5) is 14.5. The van der Waals surface area contributed by atoms with Crippen molar-refractivity contribution in [3.05, 3.63) is 33.8 Å². The van der Waals surface area contributed by atoms with Crippen LogP contribution >= 0.6 is 15.9 Å². The van der Waals surface area contributed by atoms with Crippen LogP contribution < -0.4 is 5.32 Å². The van der Waals surface area contributed by atoms with Crippen LogP contribution in [0.1, 0.15) is 22.8 Å². The molecule has 110 valence electrons. The lowest BCUT2D eigenvalue weighted by Gasteiger charge is -2.29. The van der Waals surface area contributed by atoms with Gasteiger partial charge in [-0.1, -0.05) is 15.9 Å². The summed E-state index contributed by atoms with van der Waals surface area (Å²) in [6.07, 6.45) is 0. The van der Waals surface area contributed by atoms with Crippen LogP contribution in [-0.4, -0.2) is 49.7 Å². The SMILES string of the molecule is Cc1cc(Br)cc(C(=O)NC(C)CN2CCOCC2)c1. The molecule has 1 aromatic rings. The molecule has 4 nitrogen and oxygen atoms in total. The average Bonchev–Trinajstić information content (AvgIpc) is 2.38. The van der Waals surface area contributed by atoms with Gasteiger partial charge in [-0.15, -0.1) is 0 Å². The molecule has 5 heteroatoms. The van der Waals surface area contributed by atoms with Gasteiger partial charge in [-0.25, -0.2) is 0 Å². The summed E-state index contributed by atoms with van der Waals surface area (Å²) >= 11 is 3.43. The van der Waals surface area contributed by atoms with E-state index >= 15 is 0 Å². The van der Waals surface area contributed by atoms with Crippen LogP contribution in [-0.2, 0) is 4.74 Å². The van der Waals surface area contributed by atoms with Gasteiger partial charge >= 0.3 is 0 Å². The van der Waals surface area contributed by atoms with Crippen molar-refractivity contribution in [1.29, 1.82) is 0 Å².